The van der Waals surface area contributed by atoms with Crippen molar-refractivity contribution < 1.29 is 9.53 Å². The molecule has 0 aliphatic rings. The zero-order valence-electron chi connectivity index (χ0n) is 10.6. The molecule has 1 N–H and O–H groups in total. The van der Waals surface area contributed by atoms with E-state index < -0.39 is 0 Å². The van der Waals surface area contributed by atoms with E-state index >= 15 is 0 Å². The number of ether oxygens (including phenoxy) is 1. The fraction of sp³-hybridized carbons (Fsp3) is 0.0769. The van der Waals surface area contributed by atoms with Gasteiger partial charge in [0.2, 0.25) is 5.88 Å². The van der Waals surface area contributed by atoms with Crippen LogP contribution in [0.25, 0.3) is 5.65 Å². The summed E-state index contributed by atoms with van der Waals surface area (Å²) < 4.78 is 6.50. The molecule has 3 aromatic heterocycles. The molecule has 7 heteroatoms. The van der Waals surface area contributed by atoms with Crippen LogP contribution in [0, 0.1) is 0 Å². The largest absolute Gasteiger partial charge is 0.481 e. The maximum absolute atomic E-state index is 12.2. The molecule has 0 saturated heterocycles. The molecule has 0 aliphatic heterocycles. The number of rotatable bonds is 3. The molecule has 3 rings (SSSR count). The molecule has 0 bridgehead atoms. The zero-order chi connectivity index (χ0) is 13.9. The summed E-state index contributed by atoms with van der Waals surface area (Å²) in [6.07, 6.45) is 6.35. The number of carbonyl (C=O) groups is 1. The van der Waals surface area contributed by atoms with Crippen molar-refractivity contribution in [1.82, 2.24) is 19.6 Å². The van der Waals surface area contributed by atoms with Gasteiger partial charge >= 0.3 is 0 Å². The Kier molecular flexibility index (Phi) is 3.00. The Morgan fingerprint density at radius 1 is 1.30 bits per heavy atom. The topological polar surface area (TPSA) is 81.4 Å². The number of nitrogens with one attached hydrogen (secondary N) is 1. The molecule has 0 fully saturated rings. The minimum absolute atomic E-state index is 0.286. The Bertz CT molecular complexity index is 751. The van der Waals surface area contributed by atoms with Gasteiger partial charge in [-0.1, -0.05) is 0 Å². The number of hydrogen-bond donors (Lipinski definition) is 1. The molecule has 0 atom stereocenters. The maximum Gasteiger partial charge on any atom is 0.261 e. The van der Waals surface area contributed by atoms with Crippen LogP contribution in [0.15, 0.2) is 43.0 Å². The third-order valence-electron chi connectivity index (χ3n) is 2.73. The normalized spacial score (nSPS) is 10.4. The van der Waals surface area contributed by atoms with Crippen LogP contribution < -0.4 is 10.1 Å². The second kappa shape index (κ2) is 4.96. The molecule has 3 heterocycles. The van der Waals surface area contributed by atoms with E-state index in [1.165, 1.54) is 19.5 Å². The van der Waals surface area contributed by atoms with Gasteiger partial charge in [0.05, 0.1) is 25.2 Å². The number of nitrogens with zero attached hydrogens (tertiary/aromatic N) is 4. The molecular formula is C13H11N5O2. The number of methoxy groups -OCH3 is 1. The van der Waals surface area contributed by atoms with E-state index in [1.807, 2.05) is 0 Å². The lowest BCUT2D eigenvalue weighted by Gasteiger charge is -2.04. The smallest absolute Gasteiger partial charge is 0.261 e. The first-order valence-electron chi connectivity index (χ1n) is 5.87. The van der Waals surface area contributed by atoms with Crippen molar-refractivity contribution in [2.75, 3.05) is 12.4 Å². The van der Waals surface area contributed by atoms with Gasteiger partial charge in [0.15, 0.2) is 5.65 Å². The predicted octanol–water partition coefficient (Wildman–Crippen LogP) is 1.39. The van der Waals surface area contributed by atoms with Crippen LogP contribution in [0.5, 0.6) is 5.88 Å². The van der Waals surface area contributed by atoms with Crippen LogP contribution >= 0.6 is 0 Å². The molecule has 0 aromatic carbocycles. The average Bonchev–Trinajstić information content (AvgIpc) is 2.92. The molecule has 3 aromatic rings. The summed E-state index contributed by atoms with van der Waals surface area (Å²) in [5.74, 6) is 0.200. The van der Waals surface area contributed by atoms with Crippen molar-refractivity contribution in [2.24, 2.45) is 0 Å². The lowest BCUT2D eigenvalue weighted by atomic mass is 10.3. The molecule has 1 amide bonds. The first kappa shape index (κ1) is 12.1. The Balaban J connectivity index is 1.85. The van der Waals surface area contributed by atoms with Crippen LogP contribution in [-0.4, -0.2) is 32.6 Å². The van der Waals surface area contributed by atoms with Gasteiger partial charge in [-0.2, -0.15) is 5.10 Å². The van der Waals surface area contributed by atoms with Crippen molar-refractivity contribution >= 4 is 17.2 Å². The predicted molar refractivity (Wildman–Crippen MR) is 71.7 cm³/mol. The molecule has 20 heavy (non-hydrogen) atoms. The van der Waals surface area contributed by atoms with Crippen LogP contribution in [0.1, 0.15) is 10.4 Å². The molecular weight excluding hydrogens is 258 g/mol. The fourth-order valence-electron chi connectivity index (χ4n) is 1.76. The van der Waals surface area contributed by atoms with Crippen molar-refractivity contribution in [2.45, 2.75) is 0 Å². The SMILES string of the molecule is COc1ccc(NC(=O)c2cnn3cccnc23)cn1. The summed E-state index contributed by atoms with van der Waals surface area (Å²) in [5.41, 5.74) is 1.49. The maximum atomic E-state index is 12.2. The molecule has 0 aliphatic carbocycles. The summed E-state index contributed by atoms with van der Waals surface area (Å²) in [6.45, 7) is 0. The average molecular weight is 269 g/mol. The fourth-order valence-corrected chi connectivity index (χ4v) is 1.76. The number of amides is 1. The Hall–Kier alpha value is -2.96. The highest BCUT2D eigenvalue weighted by Gasteiger charge is 2.13. The number of hydrogen-bond acceptors (Lipinski definition) is 5. The Morgan fingerprint density at radius 2 is 2.20 bits per heavy atom. The van der Waals surface area contributed by atoms with E-state index in [1.54, 1.807) is 35.1 Å². The molecule has 0 radical (unpaired) electrons. The van der Waals surface area contributed by atoms with Crippen molar-refractivity contribution in [3.8, 4) is 5.88 Å². The summed E-state index contributed by atoms with van der Waals surface area (Å²) >= 11 is 0. The summed E-state index contributed by atoms with van der Waals surface area (Å²) in [6, 6.07) is 5.13. The second-order valence-corrected chi connectivity index (χ2v) is 3.99. The van der Waals surface area contributed by atoms with Gasteiger partial charge in [-0.3, -0.25) is 4.79 Å². The Morgan fingerprint density at radius 3 is 2.95 bits per heavy atom. The summed E-state index contributed by atoms with van der Waals surface area (Å²) in [5, 5.41) is 6.80. The lowest BCUT2D eigenvalue weighted by Crippen LogP contribution is -2.12. The van der Waals surface area contributed by atoms with Gasteiger partial charge < -0.3 is 10.1 Å². The van der Waals surface area contributed by atoms with Crippen molar-refractivity contribution in [3.63, 3.8) is 0 Å². The van der Waals surface area contributed by atoms with E-state index in [0.717, 1.165) is 0 Å². The van der Waals surface area contributed by atoms with Gasteiger partial charge in [-0.25, -0.2) is 14.5 Å². The van der Waals surface area contributed by atoms with E-state index in [-0.39, 0.29) is 5.91 Å². The zero-order valence-corrected chi connectivity index (χ0v) is 10.6. The van der Waals surface area contributed by atoms with Gasteiger partial charge in [-0.15, -0.1) is 0 Å². The highest BCUT2D eigenvalue weighted by Crippen LogP contribution is 2.14. The number of pyridine rings is 1. The van der Waals surface area contributed by atoms with Crippen LogP contribution in [0.3, 0.4) is 0 Å². The van der Waals surface area contributed by atoms with E-state index in [0.29, 0.717) is 22.8 Å². The number of fused-ring (bicyclic) bond motifs is 1. The first-order chi connectivity index (χ1) is 9.78. The molecule has 100 valence electrons. The molecule has 0 saturated carbocycles. The molecule has 7 nitrogen and oxygen atoms in total. The minimum Gasteiger partial charge on any atom is -0.481 e. The highest BCUT2D eigenvalue weighted by molar-refractivity contribution is 6.08. The third-order valence-corrected chi connectivity index (χ3v) is 2.73. The summed E-state index contributed by atoms with van der Waals surface area (Å²) in [4.78, 5) is 20.3. The van der Waals surface area contributed by atoms with Crippen LogP contribution in [-0.2, 0) is 0 Å². The van der Waals surface area contributed by atoms with Gasteiger partial charge in [0, 0.05) is 18.5 Å². The molecule has 0 spiro atoms. The van der Waals surface area contributed by atoms with Gasteiger partial charge in [0.1, 0.15) is 5.56 Å². The van der Waals surface area contributed by atoms with Gasteiger partial charge in [0.25, 0.3) is 5.91 Å². The number of aromatic nitrogens is 4. The van der Waals surface area contributed by atoms with E-state index in [2.05, 4.69) is 20.4 Å². The van der Waals surface area contributed by atoms with Crippen LogP contribution in [0.4, 0.5) is 5.69 Å². The number of carbonyl (C=O) groups excluding carboxylic acids is 1. The Labute approximate surface area is 114 Å². The summed E-state index contributed by atoms with van der Waals surface area (Å²) in [7, 11) is 1.53. The van der Waals surface area contributed by atoms with E-state index in [4.69, 9.17) is 4.74 Å². The quantitative estimate of drug-likeness (QED) is 0.777. The standard InChI is InChI=1S/C13H11N5O2/c1-20-11-4-3-9(7-15-11)17-13(19)10-8-16-18-6-2-5-14-12(10)18/h2-8H,1H3,(H,17,19). The first-order valence-corrected chi connectivity index (χ1v) is 5.87. The number of anilines is 1. The van der Waals surface area contributed by atoms with Gasteiger partial charge in [-0.05, 0) is 12.1 Å². The van der Waals surface area contributed by atoms with E-state index in [9.17, 15) is 4.79 Å². The minimum atomic E-state index is -0.286. The molecule has 0 unspecified atom stereocenters. The second-order valence-electron chi connectivity index (χ2n) is 3.99. The lowest BCUT2D eigenvalue weighted by molar-refractivity contribution is 0.102. The van der Waals surface area contributed by atoms with Crippen LogP contribution in [0.2, 0.25) is 0 Å². The third kappa shape index (κ3) is 2.16. The van der Waals surface area contributed by atoms with Crippen molar-refractivity contribution in [3.05, 3.63) is 48.5 Å². The highest BCUT2D eigenvalue weighted by atomic mass is 16.5. The monoisotopic (exact) mass is 269 g/mol. The van der Waals surface area contributed by atoms with Crippen molar-refractivity contribution in [1.29, 1.82) is 0 Å².